The molecule has 2 fully saturated rings. The summed E-state index contributed by atoms with van der Waals surface area (Å²) in [6.45, 7) is 17.5. The highest BCUT2D eigenvalue weighted by Crippen LogP contribution is 2.55. The van der Waals surface area contributed by atoms with Crippen molar-refractivity contribution in [1.29, 1.82) is 0 Å². The monoisotopic (exact) mass is 754 g/mol. The van der Waals surface area contributed by atoms with E-state index in [4.69, 9.17) is 4.74 Å². The molecule has 248 valence electrons. The van der Waals surface area contributed by atoms with Crippen molar-refractivity contribution in [3.63, 3.8) is 0 Å². The number of benzene rings is 2. The topological polar surface area (TPSA) is 102 Å². The number of hydrogen-bond donors (Lipinski definition) is 0. The van der Waals surface area contributed by atoms with Crippen molar-refractivity contribution in [3.05, 3.63) is 59.3 Å². The maximum atomic E-state index is 15.8. The van der Waals surface area contributed by atoms with E-state index in [0.717, 1.165) is 12.8 Å². The lowest BCUT2D eigenvalue weighted by Crippen LogP contribution is -2.60. The Hall–Kier alpha value is -2.47. The molecule has 0 bridgehead atoms. The number of methoxy groups -OCH3 is 1. The lowest BCUT2D eigenvalue weighted by atomic mass is 9.62. The number of anilines is 2. The summed E-state index contributed by atoms with van der Waals surface area (Å²) in [7, 11) is 1.38. The highest BCUT2D eigenvalue weighted by molar-refractivity contribution is 9.10. The first kappa shape index (κ1) is 35.4. The first-order valence-corrected chi connectivity index (χ1v) is 16.9. The second-order valence-corrected chi connectivity index (χ2v) is 17.7. The van der Waals surface area contributed by atoms with Crippen molar-refractivity contribution in [2.75, 3.05) is 17.1 Å². The summed E-state index contributed by atoms with van der Waals surface area (Å²) >= 11 is 6.58. The number of hydrogen-bond acceptors (Lipinski definition) is 7. The number of nitrogens with zero attached hydrogens (tertiary/aromatic N) is 4. The predicted molar refractivity (Wildman–Crippen MR) is 183 cm³/mol. The molecule has 12 heteroatoms. The standard InChI is InChI=1S/C33H45Br2FN4O5/c1-30(2)14-20(15-31(3,4)18-30)37(24-12-10-22(34)26(36)27(24)39(41)42)38(21-16-32(5,6)19-33(7,8)17-21)25-13-11-23(35)29(45-9)28(25)40(43)44/h10-13,20-21H,14-19H2,1-9H3. The van der Waals surface area contributed by atoms with Crippen LogP contribution < -0.4 is 14.8 Å². The van der Waals surface area contributed by atoms with Gasteiger partial charge in [-0.1, -0.05) is 55.4 Å². The van der Waals surface area contributed by atoms with Crippen molar-refractivity contribution in [3.8, 4) is 5.75 Å². The van der Waals surface area contributed by atoms with Crippen molar-refractivity contribution in [2.24, 2.45) is 21.7 Å². The fourth-order valence-corrected chi connectivity index (χ4v) is 9.68. The Morgan fingerprint density at radius 2 is 1.07 bits per heavy atom. The molecule has 0 saturated heterocycles. The Morgan fingerprint density at radius 1 is 0.711 bits per heavy atom. The van der Waals surface area contributed by atoms with Gasteiger partial charge in [0.2, 0.25) is 11.6 Å². The minimum Gasteiger partial charge on any atom is -0.489 e. The van der Waals surface area contributed by atoms with Crippen molar-refractivity contribution < 1.29 is 19.0 Å². The third-order valence-corrected chi connectivity index (χ3v) is 10.4. The second kappa shape index (κ2) is 12.3. The number of hydrazine groups is 1. The molecule has 0 radical (unpaired) electrons. The molecule has 0 unspecified atom stereocenters. The Balaban J connectivity index is 2.16. The molecule has 0 N–H and O–H groups in total. The maximum absolute atomic E-state index is 15.8. The zero-order chi connectivity index (χ0) is 33.9. The molecular weight excluding hydrogens is 711 g/mol. The Labute approximate surface area is 282 Å². The minimum absolute atomic E-state index is 0.0232. The fraction of sp³-hybridized carbons (Fsp3) is 0.636. The van der Waals surface area contributed by atoms with Crippen LogP contribution in [-0.4, -0.2) is 29.0 Å². The normalized spacial score (nSPS) is 20.8. The quantitative estimate of drug-likeness (QED) is 0.195. The van der Waals surface area contributed by atoms with Gasteiger partial charge in [-0.15, -0.1) is 0 Å². The van der Waals surface area contributed by atoms with Gasteiger partial charge in [-0.25, -0.2) is 0 Å². The minimum atomic E-state index is -0.982. The van der Waals surface area contributed by atoms with Crippen molar-refractivity contribution >= 4 is 54.6 Å². The van der Waals surface area contributed by atoms with Crippen LogP contribution in [0.3, 0.4) is 0 Å². The van der Waals surface area contributed by atoms with E-state index >= 15 is 4.39 Å². The van der Waals surface area contributed by atoms with Crippen LogP contribution in [0.15, 0.2) is 33.2 Å². The van der Waals surface area contributed by atoms with Gasteiger partial charge in [0.05, 0.1) is 38.0 Å². The summed E-state index contributed by atoms with van der Waals surface area (Å²) in [6, 6.07) is 5.77. The van der Waals surface area contributed by atoms with E-state index in [1.165, 1.54) is 13.2 Å². The molecule has 0 atom stereocenters. The zero-order valence-corrected chi connectivity index (χ0v) is 30.8. The summed E-state index contributed by atoms with van der Waals surface area (Å²) in [5.74, 6) is -0.929. The summed E-state index contributed by atoms with van der Waals surface area (Å²) < 4.78 is 21.8. The molecule has 2 aromatic rings. The summed E-state index contributed by atoms with van der Waals surface area (Å²) in [5, 5.41) is 29.3. The van der Waals surface area contributed by atoms with E-state index in [-0.39, 0.29) is 61.0 Å². The molecule has 0 spiro atoms. The zero-order valence-electron chi connectivity index (χ0n) is 27.7. The molecule has 0 aromatic heterocycles. The van der Waals surface area contributed by atoms with E-state index < -0.39 is 21.4 Å². The smallest absolute Gasteiger partial charge is 0.336 e. The first-order chi connectivity index (χ1) is 20.6. The highest BCUT2D eigenvalue weighted by Gasteiger charge is 2.49. The van der Waals surface area contributed by atoms with Gasteiger partial charge >= 0.3 is 11.4 Å². The summed E-state index contributed by atoms with van der Waals surface area (Å²) in [4.78, 5) is 24.4. The van der Waals surface area contributed by atoms with Crippen LogP contribution in [0, 0.1) is 47.7 Å². The van der Waals surface area contributed by atoms with Crippen LogP contribution in [0.25, 0.3) is 0 Å². The van der Waals surface area contributed by atoms with Crippen LogP contribution in [0.5, 0.6) is 5.75 Å². The fourth-order valence-electron chi connectivity index (χ4n) is 8.88. The van der Waals surface area contributed by atoms with Gasteiger partial charge in [-0.3, -0.25) is 30.2 Å². The maximum Gasteiger partial charge on any atom is 0.336 e. The Bertz CT molecular complexity index is 1460. The lowest BCUT2D eigenvalue weighted by Gasteiger charge is -2.56. The summed E-state index contributed by atoms with van der Waals surface area (Å²) in [6.07, 6.45) is 4.47. The van der Waals surface area contributed by atoms with Crippen LogP contribution in [-0.2, 0) is 0 Å². The predicted octanol–water partition coefficient (Wildman–Crippen LogP) is 10.6. The van der Waals surface area contributed by atoms with Crippen LogP contribution in [0.4, 0.5) is 27.1 Å². The number of ether oxygens (including phenoxy) is 1. The van der Waals surface area contributed by atoms with Gasteiger partial charge in [0, 0.05) is 0 Å². The molecular formula is C33H45Br2FN4O5. The SMILES string of the molecule is COc1c(Br)ccc(N(C2CC(C)(C)CC(C)(C)C2)N(c2ccc(Br)c(F)c2[N+](=O)[O-])C2CC(C)(C)CC(C)(C)C2)c1[N+](=O)[O-]. The van der Waals surface area contributed by atoms with Gasteiger partial charge in [-0.2, -0.15) is 4.39 Å². The van der Waals surface area contributed by atoms with E-state index in [9.17, 15) is 20.2 Å². The van der Waals surface area contributed by atoms with Crippen LogP contribution >= 0.6 is 31.9 Å². The van der Waals surface area contributed by atoms with E-state index in [1.54, 1.807) is 18.2 Å². The van der Waals surface area contributed by atoms with Crippen LogP contribution in [0.1, 0.15) is 93.9 Å². The van der Waals surface area contributed by atoms with Gasteiger partial charge in [0.25, 0.3) is 0 Å². The third kappa shape index (κ3) is 7.42. The molecule has 0 amide bonds. The molecule has 2 aliphatic carbocycles. The van der Waals surface area contributed by atoms with Gasteiger partial charge in [0.1, 0.15) is 11.4 Å². The van der Waals surface area contributed by atoms with Crippen molar-refractivity contribution in [1.82, 2.24) is 0 Å². The number of halogens is 3. The van der Waals surface area contributed by atoms with Gasteiger partial charge in [-0.05, 0) is 116 Å². The van der Waals surface area contributed by atoms with E-state index in [0.29, 0.717) is 30.2 Å². The largest absolute Gasteiger partial charge is 0.489 e. The van der Waals surface area contributed by atoms with E-state index in [1.807, 2.05) is 10.0 Å². The van der Waals surface area contributed by atoms with E-state index in [2.05, 4.69) is 87.2 Å². The Kier molecular flexibility index (Phi) is 9.66. The molecule has 0 aliphatic heterocycles. The highest BCUT2D eigenvalue weighted by atomic mass is 79.9. The molecule has 4 rings (SSSR count). The van der Waals surface area contributed by atoms with Crippen molar-refractivity contribution in [2.45, 2.75) is 106 Å². The number of rotatable bonds is 8. The molecule has 2 aliphatic rings. The number of nitro groups is 2. The second-order valence-electron chi connectivity index (χ2n) is 16.0. The van der Waals surface area contributed by atoms with Gasteiger partial charge < -0.3 is 4.74 Å². The average molecular weight is 757 g/mol. The Morgan fingerprint density at radius 3 is 1.42 bits per heavy atom. The van der Waals surface area contributed by atoms with Crippen LogP contribution in [0.2, 0.25) is 0 Å². The molecule has 0 heterocycles. The molecule has 2 saturated carbocycles. The molecule has 9 nitrogen and oxygen atoms in total. The average Bonchev–Trinajstić information content (AvgIpc) is 2.84. The first-order valence-electron chi connectivity index (χ1n) is 15.3. The summed E-state index contributed by atoms with van der Waals surface area (Å²) in [5.41, 5.74) is -1.22. The number of nitro benzene ring substituents is 2. The lowest BCUT2D eigenvalue weighted by molar-refractivity contribution is -0.387. The molecule has 45 heavy (non-hydrogen) atoms. The third-order valence-electron chi connectivity index (χ3n) is 9.16. The molecule has 2 aromatic carbocycles. The van der Waals surface area contributed by atoms with Gasteiger partial charge in [0.15, 0.2) is 0 Å².